The number of benzene rings is 2. The largest absolute Gasteiger partial charge is 0.493 e. The summed E-state index contributed by atoms with van der Waals surface area (Å²) < 4.78 is 32.4. The molecular weight excluding hydrogens is 425 g/mol. The normalized spacial score (nSPS) is 11.8. The molecule has 0 unspecified atom stereocenters. The third-order valence-electron chi connectivity index (χ3n) is 5.11. The van der Waals surface area contributed by atoms with E-state index in [2.05, 4.69) is 10.1 Å². The van der Waals surface area contributed by atoms with Crippen LogP contribution in [0.25, 0.3) is 27.9 Å². The van der Waals surface area contributed by atoms with E-state index in [0.717, 1.165) is 5.52 Å². The van der Waals surface area contributed by atoms with Gasteiger partial charge in [0.25, 0.3) is 0 Å². The zero-order chi connectivity index (χ0) is 22.6. The van der Waals surface area contributed by atoms with Crippen LogP contribution in [0.3, 0.4) is 0 Å². The van der Waals surface area contributed by atoms with Crippen molar-refractivity contribution in [2.75, 3.05) is 13.2 Å². The molecule has 0 bridgehead atoms. The Morgan fingerprint density at radius 3 is 2.64 bits per heavy atom. The molecule has 0 saturated heterocycles. The Bertz CT molecular complexity index is 1490. The molecule has 166 valence electrons. The third-order valence-corrected chi connectivity index (χ3v) is 5.11. The molecule has 0 aliphatic carbocycles. The van der Waals surface area contributed by atoms with Crippen molar-refractivity contribution in [2.45, 2.75) is 6.42 Å². The maximum Gasteiger partial charge on any atom is 0.155 e. The van der Waals surface area contributed by atoms with Crippen molar-refractivity contribution in [1.82, 2.24) is 9.38 Å². The smallest absolute Gasteiger partial charge is 0.155 e. The van der Waals surface area contributed by atoms with Gasteiger partial charge in [0.2, 0.25) is 0 Å². The van der Waals surface area contributed by atoms with Crippen LogP contribution in [0.4, 0.5) is 4.39 Å². The fraction of sp³-hybridized carbons (Fsp3) is 0.120. The molecule has 0 amide bonds. The van der Waals surface area contributed by atoms with Crippen molar-refractivity contribution in [3.05, 3.63) is 90.4 Å². The van der Waals surface area contributed by atoms with Gasteiger partial charge in [-0.15, -0.1) is 0 Å². The van der Waals surface area contributed by atoms with Crippen LogP contribution in [0.15, 0.2) is 88.8 Å². The first-order valence-corrected chi connectivity index (χ1v) is 10.4. The van der Waals surface area contributed by atoms with E-state index < -0.39 is 0 Å². The number of fused-ring (bicyclic) bond motifs is 2. The summed E-state index contributed by atoms with van der Waals surface area (Å²) in [4.78, 5) is 4.42. The number of halogens is 1. The van der Waals surface area contributed by atoms with E-state index in [9.17, 15) is 9.60 Å². The summed E-state index contributed by atoms with van der Waals surface area (Å²) in [6, 6.07) is 18.8. The number of rotatable bonds is 7. The Morgan fingerprint density at radius 2 is 1.82 bits per heavy atom. The Hall–Kier alpha value is -4.33. The fourth-order valence-corrected chi connectivity index (χ4v) is 3.51. The number of hydrogen-bond acceptors (Lipinski definition) is 6. The Labute approximate surface area is 188 Å². The second-order valence-corrected chi connectivity index (χ2v) is 7.38. The van der Waals surface area contributed by atoms with Crippen LogP contribution in [0, 0.1) is 5.82 Å². The Balaban J connectivity index is 1.30. The Kier molecular flexibility index (Phi) is 5.63. The highest BCUT2D eigenvalue weighted by molar-refractivity contribution is 5.80. The summed E-state index contributed by atoms with van der Waals surface area (Å²) in [6.07, 6.45) is 4.23. The molecule has 0 aliphatic rings. The lowest BCUT2D eigenvalue weighted by atomic mass is 10.2. The molecule has 0 fully saturated rings. The molecule has 5 aromatic rings. The second-order valence-electron chi connectivity index (χ2n) is 7.38. The van der Waals surface area contributed by atoms with Crippen LogP contribution in [0.1, 0.15) is 6.42 Å². The van der Waals surface area contributed by atoms with Crippen LogP contribution >= 0.6 is 0 Å². The van der Waals surface area contributed by atoms with Gasteiger partial charge in [-0.3, -0.25) is 0 Å². The van der Waals surface area contributed by atoms with E-state index in [0.29, 0.717) is 58.9 Å². The van der Waals surface area contributed by atoms with Crippen LogP contribution in [-0.4, -0.2) is 27.8 Å². The molecule has 0 spiro atoms. The molecule has 7 nitrogen and oxygen atoms in total. The summed E-state index contributed by atoms with van der Waals surface area (Å²) in [6.45, 7) is 0.800. The number of hydrogen-bond donors (Lipinski definition) is 1. The van der Waals surface area contributed by atoms with Gasteiger partial charge in [0, 0.05) is 30.3 Å². The van der Waals surface area contributed by atoms with E-state index in [1.54, 1.807) is 42.7 Å². The van der Waals surface area contributed by atoms with Crippen molar-refractivity contribution in [1.29, 1.82) is 0 Å². The highest BCUT2D eigenvalue weighted by atomic mass is 19.1. The number of nitrogens with zero attached hydrogens (tertiary/aromatic N) is 3. The average Bonchev–Trinajstić information content (AvgIpc) is 3.31. The van der Waals surface area contributed by atoms with Crippen molar-refractivity contribution < 1.29 is 23.5 Å². The van der Waals surface area contributed by atoms with Gasteiger partial charge >= 0.3 is 0 Å². The molecular formula is C25H20FN3O4. The fourth-order valence-electron chi connectivity index (χ4n) is 3.51. The molecule has 3 heterocycles. The maximum absolute atomic E-state index is 13.2. The molecule has 0 saturated carbocycles. The topological polar surface area (TPSA) is 81.5 Å². The van der Waals surface area contributed by atoms with Gasteiger partial charge in [0.05, 0.1) is 24.9 Å². The summed E-state index contributed by atoms with van der Waals surface area (Å²) >= 11 is 0. The standard InChI is InChI=1S/C25H20FN3O4/c26-17-4-1-6-19(12-17)31-10-3-11-32-20-7-8-24-21(14-20)22(28-30)15-25(33-24)23-13-18-5-2-9-29(18)16-27-23/h1-2,4-9,12-16,30H,3,10-11H2/b28-22-. The number of aromatic nitrogens is 2. The zero-order valence-electron chi connectivity index (χ0n) is 17.5. The lowest BCUT2D eigenvalue weighted by molar-refractivity contribution is 0.247. The van der Waals surface area contributed by atoms with Gasteiger partial charge in [-0.05, 0) is 48.5 Å². The van der Waals surface area contributed by atoms with Gasteiger partial charge in [0.15, 0.2) is 5.76 Å². The SMILES string of the molecule is O/N=c1/cc(-c2cc3cccn3cn2)oc2ccc(OCCCOc3cccc(F)c3)cc12. The third kappa shape index (κ3) is 4.50. The monoisotopic (exact) mass is 445 g/mol. The molecule has 0 radical (unpaired) electrons. The van der Waals surface area contributed by atoms with Crippen LogP contribution in [0.5, 0.6) is 11.5 Å². The van der Waals surface area contributed by atoms with E-state index in [1.165, 1.54) is 12.1 Å². The van der Waals surface area contributed by atoms with Crippen molar-refractivity contribution in [2.24, 2.45) is 5.16 Å². The van der Waals surface area contributed by atoms with E-state index >= 15 is 0 Å². The van der Waals surface area contributed by atoms with Gasteiger partial charge in [-0.2, -0.15) is 0 Å². The minimum atomic E-state index is -0.334. The first-order valence-electron chi connectivity index (χ1n) is 10.4. The minimum Gasteiger partial charge on any atom is -0.493 e. The van der Waals surface area contributed by atoms with Gasteiger partial charge in [-0.25, -0.2) is 9.37 Å². The van der Waals surface area contributed by atoms with Gasteiger partial charge in [-0.1, -0.05) is 11.2 Å². The summed E-state index contributed by atoms with van der Waals surface area (Å²) in [5, 5.41) is 14.0. The van der Waals surface area contributed by atoms with E-state index in [1.807, 2.05) is 28.8 Å². The first kappa shape index (κ1) is 20.6. The van der Waals surface area contributed by atoms with Crippen LogP contribution in [0.2, 0.25) is 0 Å². The second kappa shape index (κ2) is 9.04. The van der Waals surface area contributed by atoms with Crippen molar-refractivity contribution in [3.63, 3.8) is 0 Å². The summed E-state index contributed by atoms with van der Waals surface area (Å²) in [7, 11) is 0. The molecule has 5 rings (SSSR count). The Morgan fingerprint density at radius 1 is 0.970 bits per heavy atom. The zero-order valence-corrected chi connectivity index (χ0v) is 17.5. The van der Waals surface area contributed by atoms with Crippen molar-refractivity contribution >= 4 is 16.5 Å². The summed E-state index contributed by atoms with van der Waals surface area (Å²) in [5.41, 5.74) is 2.15. The molecule has 0 atom stereocenters. The van der Waals surface area contributed by atoms with E-state index in [-0.39, 0.29) is 5.82 Å². The summed E-state index contributed by atoms with van der Waals surface area (Å²) in [5.74, 6) is 1.24. The number of ether oxygens (including phenoxy) is 2. The predicted octanol–water partition coefficient (Wildman–Crippen LogP) is 5.02. The molecule has 3 aromatic heterocycles. The molecule has 8 heteroatoms. The molecule has 2 aromatic carbocycles. The average molecular weight is 445 g/mol. The lowest BCUT2D eigenvalue weighted by Crippen LogP contribution is -2.07. The quantitative estimate of drug-likeness (QED) is 0.216. The maximum atomic E-state index is 13.2. The molecule has 1 N–H and O–H groups in total. The lowest BCUT2D eigenvalue weighted by Gasteiger charge is -2.09. The molecule has 33 heavy (non-hydrogen) atoms. The van der Waals surface area contributed by atoms with E-state index in [4.69, 9.17) is 13.9 Å². The highest BCUT2D eigenvalue weighted by Gasteiger charge is 2.10. The van der Waals surface area contributed by atoms with Gasteiger partial charge in [0.1, 0.15) is 34.0 Å². The van der Waals surface area contributed by atoms with Crippen LogP contribution < -0.4 is 14.8 Å². The van der Waals surface area contributed by atoms with Crippen LogP contribution in [-0.2, 0) is 0 Å². The highest BCUT2D eigenvalue weighted by Crippen LogP contribution is 2.24. The predicted molar refractivity (Wildman–Crippen MR) is 120 cm³/mol. The van der Waals surface area contributed by atoms with Crippen molar-refractivity contribution in [3.8, 4) is 23.0 Å². The molecule has 0 aliphatic heterocycles. The van der Waals surface area contributed by atoms with Gasteiger partial charge < -0.3 is 23.5 Å². The first-order chi connectivity index (χ1) is 16.2. The minimum absolute atomic E-state index is 0.334.